The van der Waals surface area contributed by atoms with Gasteiger partial charge in [-0.25, -0.2) is 4.98 Å². The number of aromatic nitrogens is 1. The van der Waals surface area contributed by atoms with Crippen LogP contribution in [0.3, 0.4) is 0 Å². The third kappa shape index (κ3) is 4.14. The maximum absolute atomic E-state index is 5.89. The summed E-state index contributed by atoms with van der Waals surface area (Å²) in [7, 11) is 1.64. The highest BCUT2D eigenvalue weighted by atomic mass is 16.5. The molecule has 0 aliphatic heterocycles. The molecule has 0 bridgehead atoms. The minimum Gasteiger partial charge on any atom is -0.493 e. The van der Waals surface area contributed by atoms with E-state index in [-0.39, 0.29) is 0 Å². The molecule has 26 heavy (non-hydrogen) atoms. The zero-order valence-corrected chi connectivity index (χ0v) is 15.4. The Morgan fingerprint density at radius 3 is 2.50 bits per heavy atom. The summed E-state index contributed by atoms with van der Waals surface area (Å²) in [5.74, 6) is 2.18. The summed E-state index contributed by atoms with van der Waals surface area (Å²) in [5.41, 5.74) is 2.92. The third-order valence-electron chi connectivity index (χ3n) is 3.97. The molecule has 2 aromatic carbocycles. The van der Waals surface area contributed by atoms with E-state index in [4.69, 9.17) is 14.2 Å². The molecule has 0 aliphatic carbocycles. The van der Waals surface area contributed by atoms with Crippen LogP contribution >= 0.6 is 0 Å². The number of aryl methyl sites for hydroxylation is 1. The Morgan fingerprint density at radius 2 is 1.73 bits per heavy atom. The zero-order valence-electron chi connectivity index (χ0n) is 15.4. The Hall–Kier alpha value is -3.01. The van der Waals surface area contributed by atoms with Crippen molar-refractivity contribution in [3.05, 3.63) is 65.9 Å². The molecule has 3 rings (SSSR count). The molecule has 0 saturated carbocycles. The molecule has 0 atom stereocenters. The Labute approximate surface area is 154 Å². The van der Waals surface area contributed by atoms with Gasteiger partial charge in [-0.1, -0.05) is 36.4 Å². The number of rotatable bonds is 7. The van der Waals surface area contributed by atoms with Gasteiger partial charge >= 0.3 is 0 Å². The van der Waals surface area contributed by atoms with Crippen molar-refractivity contribution in [2.24, 2.45) is 0 Å². The van der Waals surface area contributed by atoms with Gasteiger partial charge in [0, 0.05) is 11.1 Å². The van der Waals surface area contributed by atoms with E-state index in [1.807, 2.05) is 68.5 Å². The van der Waals surface area contributed by atoms with Gasteiger partial charge < -0.3 is 14.2 Å². The van der Waals surface area contributed by atoms with Crippen LogP contribution in [0.2, 0.25) is 0 Å². The standard InChI is InChI=1S/C22H23NO3/c1-4-6-17-10-12-19(21(15-17)24-3)25-13-14-26-20-8-5-7-18-11-9-16(2)23-22(18)20/h4-12,15H,13-14H2,1-3H3/b6-4+. The molecule has 0 radical (unpaired) electrons. The van der Waals surface area contributed by atoms with E-state index in [0.29, 0.717) is 24.7 Å². The fraction of sp³-hybridized carbons (Fsp3) is 0.227. The number of hydrogen-bond acceptors (Lipinski definition) is 4. The zero-order chi connectivity index (χ0) is 18.4. The SMILES string of the molecule is C/C=C/c1ccc(OCCOc2cccc3ccc(C)nc23)c(OC)c1. The average molecular weight is 349 g/mol. The molecule has 1 aromatic heterocycles. The van der Waals surface area contributed by atoms with Crippen LogP contribution in [-0.2, 0) is 0 Å². The fourth-order valence-electron chi connectivity index (χ4n) is 2.74. The summed E-state index contributed by atoms with van der Waals surface area (Å²) in [6, 6.07) is 15.8. The predicted octanol–water partition coefficient (Wildman–Crippen LogP) is 5.04. The Bertz CT molecular complexity index is 918. The molecular weight excluding hydrogens is 326 g/mol. The Morgan fingerprint density at radius 1 is 0.923 bits per heavy atom. The lowest BCUT2D eigenvalue weighted by Crippen LogP contribution is -2.10. The molecule has 134 valence electrons. The van der Waals surface area contributed by atoms with Crippen LogP contribution in [0.1, 0.15) is 18.2 Å². The molecule has 0 spiro atoms. The lowest BCUT2D eigenvalue weighted by Gasteiger charge is -2.13. The van der Waals surface area contributed by atoms with E-state index in [9.17, 15) is 0 Å². The van der Waals surface area contributed by atoms with Gasteiger partial charge in [0.1, 0.15) is 24.5 Å². The topological polar surface area (TPSA) is 40.6 Å². The fourth-order valence-corrected chi connectivity index (χ4v) is 2.74. The van der Waals surface area contributed by atoms with Crippen LogP contribution in [-0.4, -0.2) is 25.3 Å². The van der Waals surface area contributed by atoms with E-state index in [1.54, 1.807) is 7.11 Å². The first-order chi connectivity index (χ1) is 12.7. The van der Waals surface area contributed by atoms with Crippen LogP contribution in [0.4, 0.5) is 0 Å². The Kier molecular flexibility index (Phi) is 5.74. The van der Waals surface area contributed by atoms with Gasteiger partial charge in [0.25, 0.3) is 0 Å². The van der Waals surface area contributed by atoms with E-state index in [0.717, 1.165) is 27.9 Å². The largest absolute Gasteiger partial charge is 0.493 e. The van der Waals surface area contributed by atoms with Crippen molar-refractivity contribution in [3.8, 4) is 17.2 Å². The monoisotopic (exact) mass is 349 g/mol. The molecule has 3 aromatic rings. The third-order valence-corrected chi connectivity index (χ3v) is 3.97. The first kappa shape index (κ1) is 17.8. The summed E-state index contributed by atoms with van der Waals surface area (Å²) >= 11 is 0. The molecule has 0 N–H and O–H groups in total. The molecule has 1 heterocycles. The first-order valence-corrected chi connectivity index (χ1v) is 8.64. The molecule has 0 amide bonds. The van der Waals surface area contributed by atoms with Gasteiger partial charge in [0.2, 0.25) is 0 Å². The van der Waals surface area contributed by atoms with E-state index >= 15 is 0 Å². The van der Waals surface area contributed by atoms with Gasteiger partial charge in [-0.2, -0.15) is 0 Å². The number of hydrogen-bond donors (Lipinski definition) is 0. The summed E-state index contributed by atoms with van der Waals surface area (Å²) in [6.45, 7) is 4.80. The summed E-state index contributed by atoms with van der Waals surface area (Å²) in [6.07, 6.45) is 4.01. The second-order valence-electron chi connectivity index (χ2n) is 5.89. The van der Waals surface area contributed by atoms with Crippen molar-refractivity contribution < 1.29 is 14.2 Å². The van der Waals surface area contributed by atoms with Gasteiger partial charge in [-0.05, 0) is 43.7 Å². The summed E-state index contributed by atoms with van der Waals surface area (Å²) < 4.78 is 17.1. The molecule has 4 heteroatoms. The number of methoxy groups -OCH3 is 1. The lowest BCUT2D eigenvalue weighted by atomic mass is 10.2. The van der Waals surface area contributed by atoms with Crippen LogP contribution in [0, 0.1) is 6.92 Å². The predicted molar refractivity (Wildman–Crippen MR) is 105 cm³/mol. The Balaban J connectivity index is 1.64. The molecule has 0 saturated heterocycles. The van der Waals surface area contributed by atoms with Crippen LogP contribution in [0.25, 0.3) is 17.0 Å². The smallest absolute Gasteiger partial charge is 0.161 e. The molecule has 0 aliphatic rings. The van der Waals surface area contributed by atoms with Crippen LogP contribution in [0.5, 0.6) is 17.2 Å². The molecule has 0 fully saturated rings. The lowest BCUT2D eigenvalue weighted by molar-refractivity contribution is 0.212. The number of benzene rings is 2. The highest BCUT2D eigenvalue weighted by molar-refractivity contribution is 5.84. The minimum absolute atomic E-state index is 0.418. The van der Waals surface area contributed by atoms with Gasteiger partial charge in [0.15, 0.2) is 11.5 Å². The van der Waals surface area contributed by atoms with Gasteiger partial charge in [0.05, 0.1) is 7.11 Å². The maximum atomic E-state index is 5.89. The minimum atomic E-state index is 0.418. The van der Waals surface area contributed by atoms with Crippen LogP contribution in [0.15, 0.2) is 54.6 Å². The second kappa shape index (κ2) is 8.39. The maximum Gasteiger partial charge on any atom is 0.161 e. The van der Waals surface area contributed by atoms with E-state index in [2.05, 4.69) is 11.1 Å². The molecule has 0 unspecified atom stereocenters. The number of allylic oxidation sites excluding steroid dienone is 1. The first-order valence-electron chi connectivity index (χ1n) is 8.64. The average Bonchev–Trinajstić information content (AvgIpc) is 2.66. The van der Waals surface area contributed by atoms with Crippen molar-refractivity contribution in [2.75, 3.05) is 20.3 Å². The van der Waals surface area contributed by atoms with Crippen molar-refractivity contribution in [3.63, 3.8) is 0 Å². The van der Waals surface area contributed by atoms with Crippen LogP contribution < -0.4 is 14.2 Å². The van der Waals surface area contributed by atoms with Crippen molar-refractivity contribution in [1.82, 2.24) is 4.98 Å². The number of pyridine rings is 1. The quantitative estimate of drug-likeness (QED) is 0.560. The van der Waals surface area contributed by atoms with Gasteiger partial charge in [-0.3, -0.25) is 0 Å². The second-order valence-corrected chi connectivity index (χ2v) is 5.89. The highest BCUT2D eigenvalue weighted by Crippen LogP contribution is 2.29. The molecular formula is C22H23NO3. The van der Waals surface area contributed by atoms with E-state index in [1.165, 1.54) is 0 Å². The number of para-hydroxylation sites is 1. The number of fused-ring (bicyclic) bond motifs is 1. The van der Waals surface area contributed by atoms with Crippen molar-refractivity contribution >= 4 is 17.0 Å². The van der Waals surface area contributed by atoms with Crippen molar-refractivity contribution in [2.45, 2.75) is 13.8 Å². The number of nitrogens with zero attached hydrogens (tertiary/aromatic N) is 1. The van der Waals surface area contributed by atoms with Gasteiger partial charge in [-0.15, -0.1) is 0 Å². The van der Waals surface area contributed by atoms with Crippen molar-refractivity contribution in [1.29, 1.82) is 0 Å². The molecule has 4 nitrogen and oxygen atoms in total. The highest BCUT2D eigenvalue weighted by Gasteiger charge is 2.07. The normalized spacial score (nSPS) is 11.0. The van der Waals surface area contributed by atoms with E-state index < -0.39 is 0 Å². The number of ether oxygens (including phenoxy) is 3. The summed E-state index contributed by atoms with van der Waals surface area (Å²) in [4.78, 5) is 4.57. The summed E-state index contributed by atoms with van der Waals surface area (Å²) in [5, 5.41) is 1.07.